The topological polar surface area (TPSA) is 60.4 Å². The number of hydrogen-bond donors (Lipinski definition) is 0. The molecule has 0 aliphatic rings. The van der Waals surface area contributed by atoms with Crippen molar-refractivity contribution >= 4 is 36.9 Å². The summed E-state index contributed by atoms with van der Waals surface area (Å²) in [6.07, 6.45) is 8.90. The molecule has 0 rings (SSSR count). The molecule has 4 nitrogen and oxygen atoms in total. The Morgan fingerprint density at radius 2 is 0.885 bits per heavy atom. The molecule has 0 aliphatic carbocycles. The Morgan fingerprint density at radius 3 is 0.885 bits per heavy atom. The molecule has 0 amide bonds. The van der Waals surface area contributed by atoms with Gasteiger partial charge in [0.25, 0.3) is 0 Å². The molecule has 0 fully saturated rings. The summed E-state index contributed by atoms with van der Waals surface area (Å²) in [4.78, 5) is 9.44. The molecule has 0 unspecified atom stereocenters. The van der Waals surface area contributed by atoms with Crippen molar-refractivity contribution in [1.29, 1.82) is 0 Å². The van der Waals surface area contributed by atoms with E-state index in [1.165, 1.54) is 26.7 Å². The first-order valence-corrected chi connectivity index (χ1v) is 15.0. The zero-order valence-electron chi connectivity index (χ0n) is 19.1. The SMILES string of the molecule is C.C.CC(C)=O.CCC.CCC.COC.CS(C)(=O)=O.CSC.C[SiH2]C. The monoisotopic (exact) mass is 440 g/mol. The maximum absolute atomic E-state index is 9.63. The highest BCUT2D eigenvalue weighted by molar-refractivity contribution is 7.97. The Balaban J connectivity index is -0.0000000185. The molecule has 26 heavy (non-hydrogen) atoms. The average Bonchev–Trinajstić information content (AvgIpc) is 2.29. The van der Waals surface area contributed by atoms with E-state index in [1.54, 1.807) is 26.0 Å². The summed E-state index contributed by atoms with van der Waals surface area (Å²) in [6, 6.07) is 0. The van der Waals surface area contributed by atoms with Crippen molar-refractivity contribution < 1.29 is 17.9 Å². The van der Waals surface area contributed by atoms with Gasteiger partial charge in [-0.15, -0.1) is 0 Å². The fourth-order valence-electron chi connectivity index (χ4n) is 0. The van der Waals surface area contributed by atoms with E-state index in [9.17, 15) is 13.2 Å². The largest absolute Gasteiger partial charge is 0.388 e. The quantitative estimate of drug-likeness (QED) is 0.442. The molecular formula is C19H56O4S2Si. The summed E-state index contributed by atoms with van der Waals surface area (Å²) in [5.74, 6) is 0.167. The highest BCUT2D eigenvalue weighted by Gasteiger charge is 1.79. The van der Waals surface area contributed by atoms with Gasteiger partial charge in [-0.05, 0) is 26.4 Å². The average molecular weight is 441 g/mol. The van der Waals surface area contributed by atoms with Gasteiger partial charge in [-0.25, -0.2) is 8.42 Å². The number of Topliss-reactive ketones (excluding diaryl/α,β-unsaturated/α-hetero) is 1. The van der Waals surface area contributed by atoms with Crippen LogP contribution in [0.2, 0.25) is 13.1 Å². The fraction of sp³-hybridized carbons (Fsp3) is 0.947. The van der Waals surface area contributed by atoms with E-state index in [0.717, 1.165) is 12.5 Å². The van der Waals surface area contributed by atoms with Crippen LogP contribution in [-0.4, -0.2) is 63.0 Å². The number of thioether (sulfide) groups is 1. The molecular weight excluding hydrogens is 384 g/mol. The fourth-order valence-corrected chi connectivity index (χ4v) is 0. The standard InChI is InChI=1S/C3H6O.2C3H8.C2H6O2S.C2H6O.C2H6S.C2H8Si.2CH4/c1-3(2)4;2*1-3-2;1-5(2,3)4;3*1-3-2;;/h1-2H3;2*3H2,1-2H3;1-2H3;2*1-2H3;3H2,1-2H3;2*1H4. The Hall–Kier alpha value is 0.147. The third-order valence-corrected chi connectivity index (χ3v) is 0. The van der Waals surface area contributed by atoms with Crippen LogP contribution in [0, 0.1) is 0 Å². The van der Waals surface area contributed by atoms with Crippen LogP contribution >= 0.6 is 11.8 Å². The predicted octanol–water partition coefficient (Wildman–Crippen LogP) is 5.85. The second-order valence-corrected chi connectivity index (χ2v) is 9.51. The van der Waals surface area contributed by atoms with Gasteiger partial charge < -0.3 is 9.53 Å². The van der Waals surface area contributed by atoms with Crippen LogP contribution in [0.15, 0.2) is 0 Å². The number of methoxy groups -OCH3 is 1. The molecule has 0 aromatic carbocycles. The van der Waals surface area contributed by atoms with Crippen molar-refractivity contribution in [3.8, 4) is 0 Å². The number of rotatable bonds is 0. The second kappa shape index (κ2) is 73.3. The van der Waals surface area contributed by atoms with Crippen LogP contribution in [-0.2, 0) is 19.4 Å². The molecule has 7 heteroatoms. The zero-order chi connectivity index (χ0) is 21.6. The van der Waals surface area contributed by atoms with E-state index in [0.29, 0.717) is 9.52 Å². The van der Waals surface area contributed by atoms with Crippen molar-refractivity contribution in [2.45, 2.75) is 82.3 Å². The minimum absolute atomic E-state index is 0. The highest BCUT2D eigenvalue weighted by atomic mass is 32.2. The van der Waals surface area contributed by atoms with E-state index in [2.05, 4.69) is 45.5 Å². The molecule has 0 bridgehead atoms. The first-order valence-electron chi connectivity index (χ1n) is 8.23. The summed E-state index contributed by atoms with van der Waals surface area (Å²) in [5.41, 5.74) is 0. The molecule has 0 saturated carbocycles. The van der Waals surface area contributed by atoms with Gasteiger partial charge in [0.15, 0.2) is 0 Å². The van der Waals surface area contributed by atoms with Crippen molar-refractivity contribution in [2.24, 2.45) is 0 Å². The van der Waals surface area contributed by atoms with Gasteiger partial charge in [0.1, 0.15) is 15.6 Å². The Morgan fingerprint density at radius 1 is 0.885 bits per heavy atom. The number of carbonyl (C=O) groups excluding carboxylic acids is 1. The minimum atomic E-state index is -2.67. The number of sulfone groups is 1. The molecule has 0 aromatic rings. The predicted molar refractivity (Wildman–Crippen MR) is 135 cm³/mol. The first kappa shape index (κ1) is 56.2. The Labute approximate surface area is 176 Å². The first-order chi connectivity index (χ1) is 10.8. The number of ketones is 1. The van der Waals surface area contributed by atoms with E-state index in [4.69, 9.17) is 0 Å². The number of hydrogen-bond acceptors (Lipinski definition) is 5. The van der Waals surface area contributed by atoms with Gasteiger partial charge in [0.05, 0.1) is 0 Å². The molecule has 0 N–H and O–H groups in total. The maximum atomic E-state index is 9.63. The molecule has 0 heterocycles. The molecule has 0 saturated heterocycles. The van der Waals surface area contributed by atoms with Gasteiger partial charge in [0.2, 0.25) is 0 Å². The van der Waals surface area contributed by atoms with Crippen molar-refractivity contribution in [1.82, 2.24) is 0 Å². The Kier molecular flexibility index (Phi) is 158. The molecule has 0 spiro atoms. The van der Waals surface area contributed by atoms with E-state index < -0.39 is 9.84 Å². The summed E-state index contributed by atoms with van der Waals surface area (Å²) in [6.45, 7) is 16.1. The zero-order valence-corrected chi connectivity index (χ0v) is 22.1. The highest BCUT2D eigenvalue weighted by Crippen LogP contribution is 1.70. The lowest BCUT2D eigenvalue weighted by Gasteiger charge is -1.69. The number of ether oxygens (including phenoxy) is 1. The Bertz CT molecular complexity index is 222. The molecule has 172 valence electrons. The minimum Gasteiger partial charge on any atom is -0.388 e. The maximum Gasteiger partial charge on any atom is 0.144 e. The molecule has 0 aromatic heterocycles. The summed E-state index contributed by atoms with van der Waals surface area (Å²) >= 11 is 1.75. The van der Waals surface area contributed by atoms with E-state index in [-0.39, 0.29) is 20.6 Å². The van der Waals surface area contributed by atoms with Crippen molar-refractivity contribution in [3.05, 3.63) is 0 Å². The van der Waals surface area contributed by atoms with Crippen LogP contribution in [0.3, 0.4) is 0 Å². The molecule has 0 atom stereocenters. The molecule has 0 aliphatic heterocycles. The van der Waals surface area contributed by atoms with Crippen LogP contribution in [0.5, 0.6) is 0 Å². The summed E-state index contributed by atoms with van der Waals surface area (Å²) in [5, 5.41) is 0. The van der Waals surface area contributed by atoms with Crippen molar-refractivity contribution in [2.75, 3.05) is 39.2 Å². The van der Waals surface area contributed by atoms with E-state index >= 15 is 0 Å². The van der Waals surface area contributed by atoms with Crippen molar-refractivity contribution in [3.63, 3.8) is 0 Å². The van der Waals surface area contributed by atoms with Crippen LogP contribution in [0.1, 0.15) is 69.2 Å². The van der Waals surface area contributed by atoms with Gasteiger partial charge in [-0.3, -0.25) is 0 Å². The molecule has 0 radical (unpaired) electrons. The van der Waals surface area contributed by atoms with Crippen LogP contribution < -0.4 is 0 Å². The van der Waals surface area contributed by atoms with Gasteiger partial charge in [0, 0.05) is 36.3 Å². The lowest BCUT2D eigenvalue weighted by atomic mass is 10.6. The number of carbonyl (C=O) groups is 1. The van der Waals surface area contributed by atoms with Gasteiger partial charge in [-0.1, -0.05) is 68.5 Å². The third kappa shape index (κ3) is 600000. The van der Waals surface area contributed by atoms with Gasteiger partial charge >= 0.3 is 0 Å². The lowest BCUT2D eigenvalue weighted by molar-refractivity contribution is -0.114. The third-order valence-electron chi connectivity index (χ3n) is 0. The summed E-state index contributed by atoms with van der Waals surface area (Å²) < 4.78 is 23.5. The van der Waals surface area contributed by atoms with Gasteiger partial charge in [-0.2, -0.15) is 11.8 Å². The van der Waals surface area contributed by atoms with E-state index in [1.807, 2.05) is 12.5 Å². The van der Waals surface area contributed by atoms with Crippen LogP contribution in [0.4, 0.5) is 0 Å². The lowest BCUT2D eigenvalue weighted by Crippen LogP contribution is -1.86. The normalized spacial score (nSPS) is 6.69. The van der Waals surface area contributed by atoms with Crippen LogP contribution in [0.25, 0.3) is 0 Å². The summed E-state index contributed by atoms with van der Waals surface area (Å²) in [7, 11) is 1.00. The second-order valence-electron chi connectivity index (χ2n) is 4.99. The smallest absolute Gasteiger partial charge is 0.144 e.